The summed E-state index contributed by atoms with van der Waals surface area (Å²) in [5.41, 5.74) is 1.43. The summed E-state index contributed by atoms with van der Waals surface area (Å²) in [4.78, 5) is 0. The predicted octanol–water partition coefficient (Wildman–Crippen LogP) is 3.17. The van der Waals surface area contributed by atoms with Gasteiger partial charge in [-0.05, 0) is 11.5 Å². The van der Waals surface area contributed by atoms with Crippen molar-refractivity contribution in [2.24, 2.45) is 0 Å². The Morgan fingerprint density at radius 3 is 2.46 bits per heavy atom. The van der Waals surface area contributed by atoms with Gasteiger partial charge < -0.3 is 5.11 Å². The molecule has 0 aliphatic carbocycles. The fourth-order valence-electron chi connectivity index (χ4n) is 1.05. The number of aromatic hydroxyl groups is 1. The summed E-state index contributed by atoms with van der Waals surface area (Å²) in [6, 6.07) is 9.45. The number of hydrogen-bond acceptors (Lipinski definition) is 3. The summed E-state index contributed by atoms with van der Waals surface area (Å²) in [5, 5.41) is 9.51. The first-order chi connectivity index (χ1) is 6.29. The highest BCUT2D eigenvalue weighted by Crippen LogP contribution is 2.37. The maximum absolute atomic E-state index is 9.51. The highest BCUT2D eigenvalue weighted by atomic mass is 35.5. The molecule has 0 aliphatic rings. The Labute approximate surface area is 84.6 Å². The zero-order chi connectivity index (χ0) is 9.26. The summed E-state index contributed by atoms with van der Waals surface area (Å²) in [6.45, 7) is 0. The molecule has 1 aromatic carbocycles. The molecule has 0 spiro atoms. The van der Waals surface area contributed by atoms with Crippen LogP contribution in [0.15, 0.2) is 30.3 Å². The molecule has 1 heterocycles. The van der Waals surface area contributed by atoms with E-state index >= 15 is 0 Å². The molecule has 4 heteroatoms. The van der Waals surface area contributed by atoms with Crippen LogP contribution in [0.1, 0.15) is 0 Å². The first kappa shape index (κ1) is 8.53. The van der Waals surface area contributed by atoms with Crippen molar-refractivity contribution >= 4 is 23.1 Å². The molecule has 0 radical (unpaired) electrons. The SMILES string of the molecule is Oc1c(-c2ccccc2)nsc1Cl. The Bertz CT molecular complexity index is 413. The van der Waals surface area contributed by atoms with Crippen molar-refractivity contribution in [1.82, 2.24) is 4.37 Å². The quantitative estimate of drug-likeness (QED) is 0.786. The van der Waals surface area contributed by atoms with Crippen molar-refractivity contribution in [2.45, 2.75) is 0 Å². The highest BCUT2D eigenvalue weighted by molar-refractivity contribution is 7.11. The number of halogens is 1. The van der Waals surface area contributed by atoms with E-state index in [1.54, 1.807) is 0 Å². The van der Waals surface area contributed by atoms with Crippen LogP contribution in [0.2, 0.25) is 4.34 Å². The molecular weight excluding hydrogens is 206 g/mol. The Balaban J connectivity index is 2.53. The Morgan fingerprint density at radius 1 is 1.23 bits per heavy atom. The van der Waals surface area contributed by atoms with Crippen LogP contribution in [0.3, 0.4) is 0 Å². The van der Waals surface area contributed by atoms with Crippen LogP contribution >= 0.6 is 23.1 Å². The molecule has 0 saturated carbocycles. The average molecular weight is 212 g/mol. The van der Waals surface area contributed by atoms with Gasteiger partial charge in [0.1, 0.15) is 5.69 Å². The average Bonchev–Trinajstić information content (AvgIpc) is 2.49. The molecule has 0 atom stereocenters. The second kappa shape index (κ2) is 3.36. The van der Waals surface area contributed by atoms with Crippen LogP contribution in [0.25, 0.3) is 11.3 Å². The lowest BCUT2D eigenvalue weighted by molar-refractivity contribution is 0.479. The topological polar surface area (TPSA) is 33.1 Å². The van der Waals surface area contributed by atoms with Gasteiger partial charge in [-0.1, -0.05) is 41.9 Å². The van der Waals surface area contributed by atoms with Crippen molar-refractivity contribution in [3.63, 3.8) is 0 Å². The highest BCUT2D eigenvalue weighted by Gasteiger charge is 2.11. The molecule has 0 bridgehead atoms. The third-order valence-corrected chi connectivity index (χ3v) is 2.69. The number of aromatic nitrogens is 1. The maximum atomic E-state index is 9.51. The molecule has 2 rings (SSSR count). The minimum Gasteiger partial charge on any atom is -0.504 e. The second-order valence-electron chi connectivity index (χ2n) is 2.52. The molecule has 0 saturated heterocycles. The van der Waals surface area contributed by atoms with Crippen molar-refractivity contribution in [3.8, 4) is 17.0 Å². The second-order valence-corrected chi connectivity index (χ2v) is 3.89. The van der Waals surface area contributed by atoms with Gasteiger partial charge in [-0.3, -0.25) is 0 Å². The Kier molecular flexibility index (Phi) is 2.20. The zero-order valence-electron chi connectivity index (χ0n) is 6.57. The summed E-state index contributed by atoms with van der Waals surface area (Å²) in [6.07, 6.45) is 0. The van der Waals surface area contributed by atoms with E-state index in [1.165, 1.54) is 0 Å². The van der Waals surface area contributed by atoms with Gasteiger partial charge in [-0.25, -0.2) is 0 Å². The largest absolute Gasteiger partial charge is 0.504 e. The van der Waals surface area contributed by atoms with Gasteiger partial charge in [0.15, 0.2) is 10.1 Å². The van der Waals surface area contributed by atoms with E-state index in [1.807, 2.05) is 30.3 Å². The van der Waals surface area contributed by atoms with E-state index in [2.05, 4.69) is 4.37 Å². The first-order valence-corrected chi connectivity index (χ1v) is 4.83. The normalized spacial score (nSPS) is 10.2. The minimum absolute atomic E-state index is 0.0675. The molecular formula is C9H6ClNOS. The summed E-state index contributed by atoms with van der Waals surface area (Å²) in [7, 11) is 0. The Morgan fingerprint density at radius 2 is 1.92 bits per heavy atom. The summed E-state index contributed by atoms with van der Waals surface area (Å²) >= 11 is 6.78. The fourth-order valence-corrected chi connectivity index (χ4v) is 1.79. The van der Waals surface area contributed by atoms with Gasteiger partial charge in [0.25, 0.3) is 0 Å². The third-order valence-electron chi connectivity index (χ3n) is 1.67. The minimum atomic E-state index is 0.0675. The smallest absolute Gasteiger partial charge is 0.173 e. The molecule has 2 nitrogen and oxygen atoms in total. The zero-order valence-corrected chi connectivity index (χ0v) is 8.14. The molecule has 1 aromatic heterocycles. The standard InChI is InChI=1S/C9H6ClNOS/c10-9-8(12)7(11-13-9)6-4-2-1-3-5-6/h1-5,12H. The maximum Gasteiger partial charge on any atom is 0.173 e. The molecule has 1 N–H and O–H groups in total. The van der Waals surface area contributed by atoms with Gasteiger partial charge in [0, 0.05) is 5.56 Å². The fraction of sp³-hybridized carbons (Fsp3) is 0. The molecule has 0 unspecified atom stereocenters. The van der Waals surface area contributed by atoms with E-state index < -0.39 is 0 Å². The van der Waals surface area contributed by atoms with Crippen molar-refractivity contribution < 1.29 is 5.11 Å². The van der Waals surface area contributed by atoms with Crippen LogP contribution in [0.5, 0.6) is 5.75 Å². The van der Waals surface area contributed by atoms with E-state index in [0.717, 1.165) is 17.1 Å². The monoisotopic (exact) mass is 211 g/mol. The lowest BCUT2D eigenvalue weighted by atomic mass is 10.1. The van der Waals surface area contributed by atoms with Crippen LogP contribution < -0.4 is 0 Å². The van der Waals surface area contributed by atoms with Crippen LogP contribution in [0, 0.1) is 0 Å². The Hall–Kier alpha value is -1.06. The van der Waals surface area contributed by atoms with Gasteiger partial charge in [0.05, 0.1) is 0 Å². The number of nitrogens with zero attached hydrogens (tertiary/aromatic N) is 1. The molecule has 2 aromatic rings. The molecule has 0 fully saturated rings. The number of hydrogen-bond donors (Lipinski definition) is 1. The lowest BCUT2D eigenvalue weighted by Crippen LogP contribution is -1.75. The van der Waals surface area contributed by atoms with Gasteiger partial charge in [-0.2, -0.15) is 4.37 Å². The van der Waals surface area contributed by atoms with E-state index in [-0.39, 0.29) is 5.75 Å². The number of benzene rings is 1. The van der Waals surface area contributed by atoms with Gasteiger partial charge in [-0.15, -0.1) is 0 Å². The first-order valence-electron chi connectivity index (χ1n) is 3.68. The van der Waals surface area contributed by atoms with Crippen LogP contribution in [0.4, 0.5) is 0 Å². The van der Waals surface area contributed by atoms with Crippen LogP contribution in [-0.2, 0) is 0 Å². The predicted molar refractivity (Wildman–Crippen MR) is 54.2 cm³/mol. The van der Waals surface area contributed by atoms with Gasteiger partial charge >= 0.3 is 0 Å². The number of rotatable bonds is 1. The molecule has 0 aliphatic heterocycles. The molecule has 0 amide bonds. The van der Waals surface area contributed by atoms with E-state index in [9.17, 15) is 5.11 Å². The summed E-state index contributed by atoms with van der Waals surface area (Å²) in [5.74, 6) is 0.0675. The van der Waals surface area contributed by atoms with Crippen molar-refractivity contribution in [1.29, 1.82) is 0 Å². The summed E-state index contributed by atoms with van der Waals surface area (Å²) < 4.78 is 4.38. The van der Waals surface area contributed by atoms with Crippen molar-refractivity contribution in [2.75, 3.05) is 0 Å². The van der Waals surface area contributed by atoms with Gasteiger partial charge in [0.2, 0.25) is 0 Å². The van der Waals surface area contributed by atoms with Crippen molar-refractivity contribution in [3.05, 3.63) is 34.7 Å². The van der Waals surface area contributed by atoms with E-state index in [0.29, 0.717) is 10.0 Å². The molecule has 66 valence electrons. The molecule has 13 heavy (non-hydrogen) atoms. The van der Waals surface area contributed by atoms with E-state index in [4.69, 9.17) is 11.6 Å². The van der Waals surface area contributed by atoms with Crippen LogP contribution in [-0.4, -0.2) is 9.48 Å². The third kappa shape index (κ3) is 1.53. The lowest BCUT2D eigenvalue weighted by Gasteiger charge is -1.95.